The summed E-state index contributed by atoms with van der Waals surface area (Å²) in [7, 11) is 0. The molecule has 208 valence electrons. The van der Waals surface area contributed by atoms with Gasteiger partial charge in [-0.05, 0) is 64.2 Å². The van der Waals surface area contributed by atoms with E-state index in [-0.39, 0.29) is 5.41 Å². The lowest BCUT2D eigenvalue weighted by molar-refractivity contribution is 0.591. The second-order valence-corrected chi connectivity index (χ2v) is 12.5. The quantitative estimate of drug-likeness (QED) is 0.192. The van der Waals surface area contributed by atoms with Gasteiger partial charge in [-0.15, -0.1) is 0 Å². The van der Waals surface area contributed by atoms with Crippen molar-refractivity contribution in [2.24, 2.45) is 0 Å². The van der Waals surface area contributed by atoms with Crippen molar-refractivity contribution in [1.29, 1.82) is 5.26 Å². The molecule has 0 amide bonds. The Morgan fingerprint density at radius 1 is 0.614 bits per heavy atom. The molecule has 2 aromatic heterocycles. The summed E-state index contributed by atoms with van der Waals surface area (Å²) < 4.78 is 4.33. The minimum atomic E-state index is -0.0285. The zero-order valence-corrected chi connectivity index (χ0v) is 24.8. The van der Waals surface area contributed by atoms with E-state index < -0.39 is 0 Å². The molecule has 2 heterocycles. The second kappa shape index (κ2) is 9.33. The number of nitriles is 1. The number of hydrogen-bond donors (Lipinski definition) is 0. The summed E-state index contributed by atoms with van der Waals surface area (Å²) in [4.78, 5) is 4.20. The van der Waals surface area contributed by atoms with Gasteiger partial charge in [-0.1, -0.05) is 93.6 Å². The van der Waals surface area contributed by atoms with Crippen molar-refractivity contribution in [3.63, 3.8) is 0 Å². The third kappa shape index (κ3) is 3.62. The molecule has 6 aromatic carbocycles. The molecule has 0 spiro atoms. The number of nitrogens with zero attached hydrogens (tertiary/aromatic N) is 4. The normalized spacial score (nSPS) is 11.9. The van der Waals surface area contributed by atoms with Gasteiger partial charge >= 0.3 is 0 Å². The lowest BCUT2D eigenvalue weighted by Crippen LogP contribution is -2.10. The first-order valence-corrected chi connectivity index (χ1v) is 14.8. The van der Waals surface area contributed by atoms with Crippen LogP contribution in [0.2, 0.25) is 0 Å². The Hall–Kier alpha value is -5.84. The van der Waals surface area contributed by atoms with Crippen LogP contribution < -0.4 is 0 Å². The van der Waals surface area contributed by atoms with Crippen LogP contribution in [-0.2, 0) is 5.41 Å². The highest BCUT2D eigenvalue weighted by atomic mass is 15.0. The zero-order valence-electron chi connectivity index (χ0n) is 24.8. The summed E-state index contributed by atoms with van der Waals surface area (Å²) in [6.07, 6.45) is 0. The van der Waals surface area contributed by atoms with Crippen molar-refractivity contribution < 1.29 is 0 Å². The molecule has 0 radical (unpaired) electrons. The maximum Gasteiger partial charge on any atom is 0.234 e. The average Bonchev–Trinajstić information content (AvgIpc) is 3.56. The van der Waals surface area contributed by atoms with E-state index in [0.717, 1.165) is 43.6 Å². The predicted molar refractivity (Wildman–Crippen MR) is 182 cm³/mol. The van der Waals surface area contributed by atoms with Crippen molar-refractivity contribution in [3.8, 4) is 17.4 Å². The van der Waals surface area contributed by atoms with Crippen LogP contribution in [0.3, 0.4) is 0 Å². The summed E-state index contributed by atoms with van der Waals surface area (Å²) in [5.74, 6) is 0. The first-order chi connectivity index (χ1) is 21.4. The summed E-state index contributed by atoms with van der Waals surface area (Å²) in [5, 5.41) is 17.2. The Labute approximate surface area is 255 Å². The third-order valence-electron chi connectivity index (χ3n) is 8.89. The monoisotopic (exact) mass is 564 g/mol. The van der Waals surface area contributed by atoms with E-state index in [9.17, 15) is 5.26 Å². The van der Waals surface area contributed by atoms with Gasteiger partial charge in [0.1, 0.15) is 0 Å². The van der Waals surface area contributed by atoms with Crippen LogP contribution >= 0.6 is 0 Å². The van der Waals surface area contributed by atoms with Gasteiger partial charge in [-0.25, -0.2) is 4.85 Å². The zero-order chi connectivity index (χ0) is 30.2. The summed E-state index contributed by atoms with van der Waals surface area (Å²) >= 11 is 0. The fourth-order valence-corrected chi connectivity index (χ4v) is 6.82. The molecule has 0 aliphatic carbocycles. The van der Waals surface area contributed by atoms with Crippen molar-refractivity contribution in [2.45, 2.75) is 26.2 Å². The smallest absolute Gasteiger partial charge is 0.234 e. The fourth-order valence-electron chi connectivity index (χ4n) is 6.82. The predicted octanol–water partition coefficient (Wildman–Crippen LogP) is 10.8. The molecule has 0 bridgehead atoms. The number of benzene rings is 6. The van der Waals surface area contributed by atoms with Crippen molar-refractivity contribution in [2.75, 3.05) is 0 Å². The Kier molecular flexibility index (Phi) is 5.48. The Morgan fingerprint density at radius 2 is 1.16 bits per heavy atom. The molecule has 0 aliphatic rings. The SMILES string of the molecule is [C-]#[N+]c1c(-n2c3ccccc3c3ccccc32)cc(C#N)cc1-n1c2ccc(C(C)(C)C)cc2c2c3ccccc3ccc21. The maximum atomic E-state index is 10.3. The van der Waals surface area contributed by atoms with Crippen LogP contribution in [0, 0.1) is 17.9 Å². The lowest BCUT2D eigenvalue weighted by Gasteiger charge is -2.19. The molecule has 44 heavy (non-hydrogen) atoms. The van der Waals surface area contributed by atoms with Gasteiger partial charge in [0.15, 0.2) is 0 Å². The Bertz CT molecular complexity index is 2500. The number of para-hydroxylation sites is 2. The van der Waals surface area contributed by atoms with Gasteiger partial charge < -0.3 is 9.13 Å². The van der Waals surface area contributed by atoms with E-state index in [1.807, 2.05) is 36.4 Å². The summed E-state index contributed by atoms with van der Waals surface area (Å²) in [6, 6.07) is 42.1. The molecule has 8 aromatic rings. The fraction of sp³-hybridized carbons (Fsp3) is 0.100. The highest BCUT2D eigenvalue weighted by Gasteiger charge is 2.24. The summed E-state index contributed by atoms with van der Waals surface area (Å²) in [6.45, 7) is 15.3. The summed E-state index contributed by atoms with van der Waals surface area (Å²) in [5.41, 5.74) is 7.66. The van der Waals surface area contributed by atoms with Crippen LogP contribution in [0.1, 0.15) is 31.9 Å². The van der Waals surface area contributed by atoms with Crippen LogP contribution in [-0.4, -0.2) is 9.13 Å². The van der Waals surface area contributed by atoms with Crippen molar-refractivity contribution in [1.82, 2.24) is 9.13 Å². The molecule has 0 unspecified atom stereocenters. The minimum absolute atomic E-state index is 0.0285. The van der Waals surface area contributed by atoms with Crippen LogP contribution in [0.15, 0.2) is 115 Å². The number of fused-ring (bicyclic) bond motifs is 8. The molecule has 4 nitrogen and oxygen atoms in total. The average molecular weight is 565 g/mol. The van der Waals surface area contributed by atoms with Crippen LogP contribution in [0.5, 0.6) is 0 Å². The third-order valence-corrected chi connectivity index (χ3v) is 8.89. The number of aromatic nitrogens is 2. The van der Waals surface area contributed by atoms with Gasteiger partial charge in [0.05, 0.1) is 51.6 Å². The highest BCUT2D eigenvalue weighted by Crippen LogP contribution is 2.44. The minimum Gasteiger partial charge on any atom is -0.319 e. The van der Waals surface area contributed by atoms with Gasteiger partial charge in [0.2, 0.25) is 5.69 Å². The van der Waals surface area contributed by atoms with Gasteiger partial charge in [-0.3, -0.25) is 0 Å². The largest absolute Gasteiger partial charge is 0.319 e. The lowest BCUT2D eigenvalue weighted by atomic mass is 9.86. The number of rotatable bonds is 2. The van der Waals surface area contributed by atoms with E-state index in [4.69, 9.17) is 6.57 Å². The van der Waals surface area contributed by atoms with E-state index in [1.54, 1.807) is 0 Å². The standard InChI is InChI=1S/C40H28N4/c1-40(2,3)27-18-20-34-31(23-27)38-28-12-6-5-11-26(28)17-19-35(38)44(34)37-22-25(24-41)21-36(39(37)42-4)43-32-15-9-7-13-29(32)30-14-8-10-16-33(30)43/h5-23H,1-3H3. The van der Waals surface area contributed by atoms with Crippen molar-refractivity contribution >= 4 is 60.1 Å². The molecule has 0 aliphatic heterocycles. The molecular weight excluding hydrogens is 536 g/mol. The first kappa shape index (κ1) is 25.8. The van der Waals surface area contributed by atoms with Gasteiger partial charge in [0, 0.05) is 21.5 Å². The van der Waals surface area contributed by atoms with E-state index in [2.05, 4.69) is 120 Å². The molecule has 8 rings (SSSR count). The molecular formula is C40H28N4. The van der Waals surface area contributed by atoms with Gasteiger partial charge in [0.25, 0.3) is 0 Å². The Balaban J connectivity index is 1.55. The van der Waals surface area contributed by atoms with Gasteiger partial charge in [-0.2, -0.15) is 5.26 Å². The highest BCUT2D eigenvalue weighted by molar-refractivity contribution is 6.21. The topological polar surface area (TPSA) is 38.0 Å². The van der Waals surface area contributed by atoms with E-state index in [0.29, 0.717) is 22.6 Å². The maximum absolute atomic E-state index is 10.3. The van der Waals surface area contributed by atoms with E-state index in [1.165, 1.54) is 16.3 Å². The second-order valence-electron chi connectivity index (χ2n) is 12.5. The molecule has 0 saturated heterocycles. The molecule has 0 atom stereocenters. The molecule has 0 N–H and O–H groups in total. The van der Waals surface area contributed by atoms with Crippen molar-refractivity contribution in [3.05, 3.63) is 138 Å². The molecule has 0 fully saturated rings. The van der Waals surface area contributed by atoms with E-state index >= 15 is 0 Å². The van der Waals surface area contributed by atoms with Crippen LogP contribution in [0.25, 0.3) is 70.6 Å². The number of hydrogen-bond acceptors (Lipinski definition) is 1. The molecule has 4 heteroatoms. The van der Waals surface area contributed by atoms with Crippen LogP contribution in [0.4, 0.5) is 5.69 Å². The molecule has 0 saturated carbocycles. The first-order valence-electron chi connectivity index (χ1n) is 14.8. The Morgan fingerprint density at radius 3 is 1.77 bits per heavy atom.